The Morgan fingerprint density at radius 1 is 1.18 bits per heavy atom. The Balaban J connectivity index is 1.64. The average molecular weight is 471 g/mol. The van der Waals surface area contributed by atoms with Crippen molar-refractivity contribution in [2.75, 3.05) is 46.8 Å². The molecule has 0 radical (unpaired) electrons. The minimum atomic E-state index is -0.305. The van der Waals surface area contributed by atoms with E-state index >= 15 is 0 Å². The predicted molar refractivity (Wildman–Crippen MR) is 133 cm³/mol. The Hall–Kier alpha value is -2.65. The van der Waals surface area contributed by atoms with Crippen molar-refractivity contribution < 1.29 is 9.59 Å². The van der Waals surface area contributed by atoms with Crippen molar-refractivity contribution >= 4 is 23.0 Å². The fourth-order valence-corrected chi connectivity index (χ4v) is 5.74. The first-order chi connectivity index (χ1) is 16.3. The molecule has 9 nitrogen and oxygen atoms in total. The standard InChI is InChI=1S/C25H38N6O3/c1-5-11-29-15-17(23(32)30(24(33)26-6-2)13-8-12-28(3)4)14-19-18-9-7-10-20-22(18)31(16-21(19)29)25(34)27-20/h7,9-10,17,19,21H,5-6,8,11-16H2,1-4H3,(H,26,33)(H,27,34). The Labute approximate surface area is 201 Å². The summed E-state index contributed by atoms with van der Waals surface area (Å²) in [6, 6.07) is 5.88. The lowest BCUT2D eigenvalue weighted by molar-refractivity contribution is -0.135. The summed E-state index contributed by atoms with van der Waals surface area (Å²) in [4.78, 5) is 48.1. The fraction of sp³-hybridized carbons (Fsp3) is 0.640. The molecule has 1 aromatic carbocycles. The van der Waals surface area contributed by atoms with Gasteiger partial charge in [-0.2, -0.15) is 0 Å². The van der Waals surface area contributed by atoms with Gasteiger partial charge in [-0.05, 0) is 65.0 Å². The minimum Gasteiger partial charge on any atom is -0.338 e. The van der Waals surface area contributed by atoms with Gasteiger partial charge in [0.25, 0.3) is 0 Å². The molecular formula is C25H38N6O3. The summed E-state index contributed by atoms with van der Waals surface area (Å²) in [5.74, 6) is -0.207. The van der Waals surface area contributed by atoms with Crippen LogP contribution in [0.1, 0.15) is 44.6 Å². The lowest BCUT2D eigenvalue weighted by Gasteiger charge is -2.47. The monoisotopic (exact) mass is 470 g/mol. The third kappa shape index (κ3) is 4.63. The molecule has 9 heteroatoms. The van der Waals surface area contributed by atoms with Gasteiger partial charge >= 0.3 is 11.7 Å². The Kier molecular flexibility index (Phi) is 7.42. The summed E-state index contributed by atoms with van der Waals surface area (Å²) in [7, 11) is 3.99. The van der Waals surface area contributed by atoms with E-state index in [1.54, 1.807) is 0 Å². The van der Waals surface area contributed by atoms with Crippen molar-refractivity contribution in [3.05, 3.63) is 34.2 Å². The lowest BCUT2D eigenvalue weighted by Crippen LogP contribution is -2.56. The summed E-state index contributed by atoms with van der Waals surface area (Å²) in [5, 5.41) is 2.83. The predicted octanol–water partition coefficient (Wildman–Crippen LogP) is 2.04. The number of H-pyrrole nitrogens is 1. The number of imide groups is 1. The molecule has 3 unspecified atom stereocenters. The van der Waals surface area contributed by atoms with Crippen LogP contribution in [0.2, 0.25) is 0 Å². The summed E-state index contributed by atoms with van der Waals surface area (Å²) in [5.41, 5.74) is 2.87. The number of carbonyl (C=O) groups is 2. The van der Waals surface area contributed by atoms with Gasteiger partial charge in [-0.1, -0.05) is 19.1 Å². The number of rotatable bonds is 8. The second kappa shape index (κ2) is 10.3. The highest BCUT2D eigenvalue weighted by Gasteiger charge is 2.44. The van der Waals surface area contributed by atoms with Crippen LogP contribution in [0, 0.1) is 5.92 Å². The van der Waals surface area contributed by atoms with Crippen LogP contribution < -0.4 is 11.0 Å². The van der Waals surface area contributed by atoms with E-state index in [1.807, 2.05) is 37.7 Å². The zero-order valence-corrected chi connectivity index (χ0v) is 20.8. The van der Waals surface area contributed by atoms with E-state index in [9.17, 15) is 14.4 Å². The van der Waals surface area contributed by atoms with Gasteiger partial charge in [-0.15, -0.1) is 0 Å². The molecule has 1 aromatic heterocycles. The number of piperidine rings is 1. The molecule has 0 spiro atoms. The molecule has 34 heavy (non-hydrogen) atoms. The van der Waals surface area contributed by atoms with Crippen LogP contribution >= 0.6 is 0 Å². The molecule has 186 valence electrons. The SMILES string of the molecule is CCCN1CC(C(=O)N(CCCN(C)C)C(=O)NCC)CC2c3cccc4[nH]c(=O)n(c34)CC21. The highest BCUT2D eigenvalue weighted by atomic mass is 16.2. The number of imidazole rings is 1. The number of hydrogen-bond acceptors (Lipinski definition) is 5. The number of urea groups is 1. The maximum Gasteiger partial charge on any atom is 0.326 e. The largest absolute Gasteiger partial charge is 0.338 e. The van der Waals surface area contributed by atoms with Gasteiger partial charge in [0.2, 0.25) is 5.91 Å². The highest BCUT2D eigenvalue weighted by molar-refractivity contribution is 5.96. The molecule has 0 bridgehead atoms. The van der Waals surface area contributed by atoms with Gasteiger partial charge < -0.3 is 15.2 Å². The topological polar surface area (TPSA) is 93.7 Å². The van der Waals surface area contributed by atoms with Crippen LogP contribution in [-0.2, 0) is 11.3 Å². The number of nitrogens with zero attached hydrogens (tertiary/aromatic N) is 4. The van der Waals surface area contributed by atoms with Crippen molar-refractivity contribution in [3.8, 4) is 0 Å². The second-order valence-electron chi connectivity index (χ2n) is 9.87. The molecule has 2 aliphatic rings. The van der Waals surface area contributed by atoms with Crippen LogP contribution in [-0.4, -0.2) is 89.1 Å². The summed E-state index contributed by atoms with van der Waals surface area (Å²) in [6.45, 7) is 7.82. The fourth-order valence-electron chi connectivity index (χ4n) is 5.74. The van der Waals surface area contributed by atoms with Crippen LogP contribution in [0.25, 0.3) is 11.0 Å². The molecule has 2 N–H and O–H groups in total. The van der Waals surface area contributed by atoms with Crippen molar-refractivity contribution in [1.82, 2.24) is 29.6 Å². The second-order valence-corrected chi connectivity index (χ2v) is 9.87. The number of nitrogens with one attached hydrogen (secondary N) is 2. The third-order valence-corrected chi connectivity index (χ3v) is 7.21. The number of fused-ring (bicyclic) bond motifs is 2. The summed E-state index contributed by atoms with van der Waals surface area (Å²) < 4.78 is 1.86. The molecule has 0 aliphatic carbocycles. The molecule has 3 amide bonds. The summed E-state index contributed by atoms with van der Waals surface area (Å²) in [6.07, 6.45) is 2.39. The van der Waals surface area contributed by atoms with Crippen molar-refractivity contribution in [1.29, 1.82) is 0 Å². The van der Waals surface area contributed by atoms with Crippen molar-refractivity contribution in [3.63, 3.8) is 0 Å². The molecule has 2 aliphatic heterocycles. The van der Waals surface area contributed by atoms with E-state index in [4.69, 9.17) is 0 Å². The van der Waals surface area contributed by atoms with Gasteiger partial charge in [-0.25, -0.2) is 9.59 Å². The zero-order valence-electron chi connectivity index (χ0n) is 20.8. The van der Waals surface area contributed by atoms with Crippen LogP contribution in [0.4, 0.5) is 4.79 Å². The van der Waals surface area contributed by atoms with Crippen molar-refractivity contribution in [2.45, 2.75) is 51.6 Å². The minimum absolute atomic E-state index is 0.0705. The number of hydrogen-bond donors (Lipinski definition) is 2. The van der Waals surface area contributed by atoms with Gasteiger partial charge in [-0.3, -0.25) is 19.2 Å². The third-order valence-electron chi connectivity index (χ3n) is 7.21. The maximum atomic E-state index is 13.8. The van der Waals surface area contributed by atoms with Crippen LogP contribution in [0.3, 0.4) is 0 Å². The normalized spacial score (nSPS) is 22.1. The van der Waals surface area contributed by atoms with E-state index in [0.29, 0.717) is 32.6 Å². The van der Waals surface area contributed by atoms with Crippen LogP contribution in [0.5, 0.6) is 0 Å². The first-order valence-electron chi connectivity index (χ1n) is 12.5. The number of aromatic nitrogens is 2. The molecule has 1 saturated heterocycles. The number of benzene rings is 1. The van der Waals surface area contributed by atoms with E-state index in [0.717, 1.165) is 42.5 Å². The average Bonchev–Trinajstić information content (AvgIpc) is 3.13. The molecular weight excluding hydrogens is 432 g/mol. The molecule has 3 heterocycles. The smallest absolute Gasteiger partial charge is 0.326 e. The van der Waals surface area contributed by atoms with E-state index < -0.39 is 0 Å². The highest BCUT2D eigenvalue weighted by Crippen LogP contribution is 2.42. The molecule has 4 rings (SSSR count). The first kappa shape index (κ1) is 24.5. The van der Waals surface area contributed by atoms with Gasteiger partial charge in [0.05, 0.1) is 17.0 Å². The summed E-state index contributed by atoms with van der Waals surface area (Å²) >= 11 is 0. The zero-order chi connectivity index (χ0) is 24.4. The number of likely N-dealkylation sites (tertiary alicyclic amines) is 1. The van der Waals surface area contributed by atoms with E-state index in [2.05, 4.69) is 33.1 Å². The number of amides is 3. The first-order valence-corrected chi connectivity index (χ1v) is 12.5. The van der Waals surface area contributed by atoms with E-state index in [1.165, 1.54) is 4.90 Å². The van der Waals surface area contributed by atoms with Gasteiger partial charge in [0.1, 0.15) is 0 Å². The maximum absolute atomic E-state index is 13.8. The Bertz CT molecular complexity index is 1090. The quantitative estimate of drug-likeness (QED) is 0.616. The molecule has 1 fully saturated rings. The Morgan fingerprint density at radius 3 is 2.68 bits per heavy atom. The number of carbonyl (C=O) groups excluding carboxylic acids is 2. The van der Waals surface area contributed by atoms with Gasteiger partial charge in [0, 0.05) is 38.1 Å². The van der Waals surface area contributed by atoms with E-state index in [-0.39, 0.29) is 35.5 Å². The van der Waals surface area contributed by atoms with Crippen LogP contribution in [0.15, 0.2) is 23.0 Å². The van der Waals surface area contributed by atoms with Crippen molar-refractivity contribution in [2.24, 2.45) is 5.92 Å². The number of aromatic amines is 1. The molecule has 3 atom stereocenters. The molecule has 0 saturated carbocycles. The molecule has 2 aromatic rings. The number of para-hydroxylation sites is 1. The lowest BCUT2D eigenvalue weighted by atomic mass is 9.76. The Morgan fingerprint density at radius 2 is 1.97 bits per heavy atom. The van der Waals surface area contributed by atoms with Gasteiger partial charge in [0.15, 0.2) is 0 Å².